The summed E-state index contributed by atoms with van der Waals surface area (Å²) in [7, 11) is 0.617. The Labute approximate surface area is 114 Å². The van der Waals surface area contributed by atoms with Crippen molar-refractivity contribution in [2.75, 3.05) is 6.54 Å². The minimum Gasteiger partial charge on any atom is -0.352 e. The largest absolute Gasteiger partial charge is 0.352 e. The highest BCUT2D eigenvalue weighted by Gasteiger charge is 2.22. The quantitative estimate of drug-likeness (QED) is 0.671. The molecule has 1 aromatic carbocycles. The highest BCUT2D eigenvalue weighted by Crippen LogP contribution is 2.22. The summed E-state index contributed by atoms with van der Waals surface area (Å²) in [6.07, 6.45) is 1.52. The molecule has 0 atom stereocenters. The lowest BCUT2D eigenvalue weighted by Crippen LogP contribution is -2.25. The summed E-state index contributed by atoms with van der Waals surface area (Å²) in [6, 6.07) is 0.915. The second-order valence-corrected chi connectivity index (χ2v) is 6.34. The van der Waals surface area contributed by atoms with Gasteiger partial charge in [0.05, 0.1) is 5.56 Å². The Morgan fingerprint density at radius 2 is 1.95 bits per heavy atom. The Bertz CT molecular complexity index is 590. The van der Waals surface area contributed by atoms with Crippen LogP contribution in [0, 0.1) is 11.6 Å². The van der Waals surface area contributed by atoms with Gasteiger partial charge in [-0.15, -0.1) is 0 Å². The minimum atomic E-state index is -4.38. The van der Waals surface area contributed by atoms with E-state index in [9.17, 15) is 22.0 Å². The van der Waals surface area contributed by atoms with Gasteiger partial charge in [-0.05, 0) is 12.5 Å². The third kappa shape index (κ3) is 4.14. The molecule has 0 aliphatic carbocycles. The Morgan fingerprint density at radius 3 is 2.47 bits per heavy atom. The van der Waals surface area contributed by atoms with Crippen LogP contribution in [0.2, 0.25) is 0 Å². The van der Waals surface area contributed by atoms with Gasteiger partial charge in [-0.2, -0.15) is 0 Å². The molecule has 0 radical (unpaired) electrons. The van der Waals surface area contributed by atoms with Crippen molar-refractivity contribution in [1.82, 2.24) is 5.32 Å². The van der Waals surface area contributed by atoms with Crippen LogP contribution in [-0.4, -0.2) is 20.9 Å². The Kier molecular flexibility index (Phi) is 5.25. The van der Waals surface area contributed by atoms with Gasteiger partial charge in [-0.1, -0.05) is 13.3 Å². The number of hydrogen-bond acceptors (Lipinski definition) is 3. The average molecular weight is 312 g/mol. The zero-order chi connectivity index (χ0) is 14.6. The predicted octanol–water partition coefficient (Wildman–Crippen LogP) is 2.42. The van der Waals surface area contributed by atoms with Crippen LogP contribution >= 0.6 is 10.7 Å². The monoisotopic (exact) mass is 311 g/mol. The van der Waals surface area contributed by atoms with Crippen molar-refractivity contribution in [1.29, 1.82) is 0 Å². The van der Waals surface area contributed by atoms with Crippen LogP contribution in [0.3, 0.4) is 0 Å². The maximum Gasteiger partial charge on any atom is 0.264 e. The molecule has 0 bridgehead atoms. The molecule has 1 N–H and O–H groups in total. The van der Waals surface area contributed by atoms with E-state index in [0.29, 0.717) is 25.1 Å². The zero-order valence-corrected chi connectivity index (χ0v) is 11.6. The smallest absolute Gasteiger partial charge is 0.264 e. The van der Waals surface area contributed by atoms with Crippen molar-refractivity contribution in [3.05, 3.63) is 29.3 Å². The number of benzene rings is 1. The number of carbonyl (C=O) groups excluding carboxylic acids is 1. The summed E-state index contributed by atoms with van der Waals surface area (Å²) < 4.78 is 48.8. The van der Waals surface area contributed by atoms with Crippen molar-refractivity contribution < 1.29 is 22.0 Å². The van der Waals surface area contributed by atoms with Gasteiger partial charge in [0.1, 0.15) is 16.5 Å². The van der Waals surface area contributed by atoms with Gasteiger partial charge in [-0.25, -0.2) is 17.2 Å². The van der Waals surface area contributed by atoms with E-state index in [4.69, 9.17) is 10.7 Å². The molecule has 4 nitrogen and oxygen atoms in total. The lowest BCUT2D eigenvalue weighted by molar-refractivity contribution is 0.0948. The molecule has 0 aliphatic heterocycles. The fraction of sp³-hybridized carbons (Fsp3) is 0.364. The molecule has 1 rings (SSSR count). The van der Waals surface area contributed by atoms with Crippen LogP contribution in [0.1, 0.15) is 30.1 Å². The van der Waals surface area contributed by atoms with Gasteiger partial charge in [0, 0.05) is 23.3 Å². The number of unbranched alkanes of at least 4 members (excludes halogenated alkanes) is 1. The topological polar surface area (TPSA) is 63.2 Å². The molecule has 0 spiro atoms. The van der Waals surface area contributed by atoms with E-state index in [2.05, 4.69) is 5.32 Å². The average Bonchev–Trinajstić information content (AvgIpc) is 2.27. The molecule has 0 heterocycles. The fourth-order valence-electron chi connectivity index (χ4n) is 1.36. The van der Waals surface area contributed by atoms with Crippen LogP contribution in [-0.2, 0) is 9.05 Å². The second-order valence-electron chi connectivity index (χ2n) is 3.81. The molecule has 106 valence electrons. The van der Waals surface area contributed by atoms with Crippen LogP contribution < -0.4 is 5.32 Å². The normalized spacial score (nSPS) is 11.4. The molecule has 8 heteroatoms. The van der Waals surface area contributed by atoms with Crippen molar-refractivity contribution in [2.24, 2.45) is 0 Å². The predicted molar refractivity (Wildman–Crippen MR) is 66.6 cm³/mol. The molecule has 0 unspecified atom stereocenters. The molecule has 0 saturated carbocycles. The van der Waals surface area contributed by atoms with Gasteiger partial charge in [0.2, 0.25) is 0 Å². The van der Waals surface area contributed by atoms with E-state index in [1.807, 2.05) is 6.92 Å². The summed E-state index contributed by atoms with van der Waals surface area (Å²) in [4.78, 5) is 10.7. The second kappa shape index (κ2) is 6.29. The first-order valence-electron chi connectivity index (χ1n) is 5.49. The van der Waals surface area contributed by atoms with Crippen molar-refractivity contribution in [3.8, 4) is 0 Å². The van der Waals surface area contributed by atoms with E-state index in [1.165, 1.54) is 0 Å². The summed E-state index contributed by atoms with van der Waals surface area (Å²) >= 11 is 0. The zero-order valence-electron chi connectivity index (χ0n) is 10.0. The van der Waals surface area contributed by atoms with E-state index in [0.717, 1.165) is 6.42 Å². The SMILES string of the molecule is CCCCNC(=O)c1cc(S(=O)(=O)Cl)c(F)cc1F. The number of halogens is 3. The molecule has 19 heavy (non-hydrogen) atoms. The minimum absolute atomic E-state index is 0.315. The van der Waals surface area contributed by atoms with Gasteiger partial charge in [0.25, 0.3) is 15.0 Å². The molecule has 1 amide bonds. The van der Waals surface area contributed by atoms with Gasteiger partial charge < -0.3 is 5.32 Å². The molecule has 0 aromatic heterocycles. The maximum absolute atomic E-state index is 13.4. The Hall–Kier alpha value is -1.21. The summed E-state index contributed by atoms with van der Waals surface area (Å²) in [5.41, 5.74) is -0.559. The molecular formula is C11H12ClF2NO3S. The lowest BCUT2D eigenvalue weighted by atomic mass is 10.2. The molecule has 0 saturated heterocycles. The van der Waals surface area contributed by atoms with Gasteiger partial charge in [-0.3, -0.25) is 4.79 Å². The van der Waals surface area contributed by atoms with Crippen LogP contribution in [0.4, 0.5) is 8.78 Å². The number of hydrogen-bond donors (Lipinski definition) is 1. The van der Waals surface area contributed by atoms with E-state index in [-0.39, 0.29) is 0 Å². The van der Waals surface area contributed by atoms with Crippen LogP contribution in [0.5, 0.6) is 0 Å². The van der Waals surface area contributed by atoms with Crippen LogP contribution in [0.25, 0.3) is 0 Å². The Morgan fingerprint density at radius 1 is 1.32 bits per heavy atom. The molecule has 1 aromatic rings. The lowest BCUT2D eigenvalue weighted by Gasteiger charge is -2.07. The maximum atomic E-state index is 13.4. The van der Waals surface area contributed by atoms with Crippen LogP contribution in [0.15, 0.2) is 17.0 Å². The van der Waals surface area contributed by atoms with Crippen molar-refractivity contribution in [2.45, 2.75) is 24.7 Å². The highest BCUT2D eigenvalue weighted by molar-refractivity contribution is 8.13. The van der Waals surface area contributed by atoms with Gasteiger partial charge in [0.15, 0.2) is 0 Å². The number of amides is 1. The first-order valence-corrected chi connectivity index (χ1v) is 7.80. The third-order valence-electron chi connectivity index (χ3n) is 2.34. The molecule has 0 fully saturated rings. The standard InChI is InChI=1S/C11H12ClF2NO3S/c1-2-3-4-15-11(16)7-5-10(19(12,17)18)9(14)6-8(7)13/h5-6H,2-4H2,1H3,(H,15,16). The van der Waals surface area contributed by atoms with E-state index < -0.39 is 37.1 Å². The van der Waals surface area contributed by atoms with Crippen molar-refractivity contribution >= 4 is 25.6 Å². The highest BCUT2D eigenvalue weighted by atomic mass is 35.7. The third-order valence-corrected chi connectivity index (χ3v) is 3.68. The first-order chi connectivity index (χ1) is 8.77. The first kappa shape index (κ1) is 15.8. The molecular weight excluding hydrogens is 300 g/mol. The van der Waals surface area contributed by atoms with Crippen molar-refractivity contribution in [3.63, 3.8) is 0 Å². The fourth-order valence-corrected chi connectivity index (χ4v) is 2.27. The number of nitrogens with one attached hydrogen (secondary N) is 1. The summed E-state index contributed by atoms with van der Waals surface area (Å²) in [6.45, 7) is 2.22. The number of rotatable bonds is 5. The summed E-state index contributed by atoms with van der Waals surface area (Å²) in [5, 5.41) is 2.40. The summed E-state index contributed by atoms with van der Waals surface area (Å²) in [5.74, 6) is -3.29. The number of carbonyl (C=O) groups is 1. The van der Waals surface area contributed by atoms with E-state index in [1.54, 1.807) is 0 Å². The Balaban J connectivity index is 3.11. The van der Waals surface area contributed by atoms with E-state index >= 15 is 0 Å². The molecule has 0 aliphatic rings. The van der Waals surface area contributed by atoms with Gasteiger partial charge >= 0.3 is 0 Å².